The van der Waals surface area contributed by atoms with E-state index in [9.17, 15) is 4.79 Å². The molecule has 84 valence electrons. The Kier molecular flexibility index (Phi) is 4.03. The first-order chi connectivity index (χ1) is 7.04. The van der Waals surface area contributed by atoms with Gasteiger partial charge in [0.15, 0.2) is 0 Å². The van der Waals surface area contributed by atoms with Crippen molar-refractivity contribution in [2.75, 3.05) is 0 Å². The second-order valence-corrected chi connectivity index (χ2v) is 4.10. The monoisotopic (exact) mass is 209 g/mol. The first kappa shape index (κ1) is 11.9. The first-order valence-corrected chi connectivity index (χ1v) is 5.34. The molecule has 2 N–H and O–H groups in total. The van der Waals surface area contributed by atoms with Gasteiger partial charge in [0.05, 0.1) is 12.7 Å². The van der Waals surface area contributed by atoms with Crippen molar-refractivity contribution in [2.24, 2.45) is 11.7 Å². The fraction of sp³-hybridized carbons (Fsp3) is 0.636. The van der Waals surface area contributed by atoms with Gasteiger partial charge in [-0.05, 0) is 18.4 Å². The molecule has 4 heteroatoms. The molecule has 0 radical (unpaired) electrons. The predicted molar refractivity (Wildman–Crippen MR) is 60.7 cm³/mol. The third-order valence-corrected chi connectivity index (χ3v) is 2.76. The van der Waals surface area contributed by atoms with Crippen LogP contribution in [-0.2, 0) is 6.54 Å². The van der Waals surface area contributed by atoms with Crippen LogP contribution in [0.5, 0.6) is 0 Å². The SMILES string of the molecule is CCC(C)C(N)Cn1ncc(C)cc1=O. The Morgan fingerprint density at radius 1 is 1.60 bits per heavy atom. The van der Waals surface area contributed by atoms with Crippen molar-refractivity contribution < 1.29 is 0 Å². The smallest absolute Gasteiger partial charge is 0.267 e. The summed E-state index contributed by atoms with van der Waals surface area (Å²) in [6, 6.07) is 1.57. The summed E-state index contributed by atoms with van der Waals surface area (Å²) >= 11 is 0. The molecule has 1 rings (SSSR count). The molecule has 1 heterocycles. The summed E-state index contributed by atoms with van der Waals surface area (Å²) in [6.45, 7) is 6.53. The van der Waals surface area contributed by atoms with Crippen molar-refractivity contribution in [3.05, 3.63) is 28.2 Å². The van der Waals surface area contributed by atoms with Crippen LogP contribution in [0.15, 0.2) is 17.1 Å². The van der Waals surface area contributed by atoms with E-state index in [1.165, 1.54) is 4.68 Å². The number of hydrogen-bond acceptors (Lipinski definition) is 3. The fourth-order valence-electron chi connectivity index (χ4n) is 1.34. The molecule has 2 unspecified atom stereocenters. The van der Waals surface area contributed by atoms with E-state index in [4.69, 9.17) is 5.73 Å². The minimum absolute atomic E-state index is 0.0112. The molecule has 4 nitrogen and oxygen atoms in total. The zero-order valence-electron chi connectivity index (χ0n) is 9.60. The molecule has 1 aromatic rings. The van der Waals surface area contributed by atoms with Gasteiger partial charge in [0.2, 0.25) is 0 Å². The molecule has 0 bridgehead atoms. The Morgan fingerprint density at radius 3 is 2.80 bits per heavy atom. The summed E-state index contributed by atoms with van der Waals surface area (Å²) in [5.41, 5.74) is 6.77. The predicted octanol–water partition coefficient (Wildman–Crippen LogP) is 0.925. The lowest BCUT2D eigenvalue weighted by atomic mass is 10.0. The summed E-state index contributed by atoms with van der Waals surface area (Å²) < 4.78 is 1.43. The lowest BCUT2D eigenvalue weighted by Crippen LogP contribution is -2.37. The van der Waals surface area contributed by atoms with E-state index >= 15 is 0 Å². The standard InChI is InChI=1S/C11H19N3O/c1-4-9(3)10(12)7-14-11(15)5-8(2)6-13-14/h5-6,9-10H,4,7,12H2,1-3H3. The van der Waals surface area contributed by atoms with Gasteiger partial charge in [0, 0.05) is 12.1 Å². The van der Waals surface area contributed by atoms with Crippen LogP contribution < -0.4 is 11.3 Å². The zero-order chi connectivity index (χ0) is 11.4. The van der Waals surface area contributed by atoms with E-state index in [0.29, 0.717) is 12.5 Å². The Balaban J connectivity index is 2.77. The molecule has 0 aliphatic carbocycles. The third kappa shape index (κ3) is 3.16. The quantitative estimate of drug-likeness (QED) is 0.802. The third-order valence-electron chi connectivity index (χ3n) is 2.76. The molecule has 0 spiro atoms. The molecule has 0 aliphatic heterocycles. The molecule has 0 saturated carbocycles. The van der Waals surface area contributed by atoms with E-state index in [1.807, 2.05) is 6.92 Å². The molecular weight excluding hydrogens is 190 g/mol. The van der Waals surface area contributed by atoms with Gasteiger partial charge in [-0.2, -0.15) is 5.10 Å². The van der Waals surface area contributed by atoms with Gasteiger partial charge >= 0.3 is 0 Å². The Labute approximate surface area is 90.1 Å². The van der Waals surface area contributed by atoms with Gasteiger partial charge in [0.25, 0.3) is 5.56 Å². The van der Waals surface area contributed by atoms with E-state index in [-0.39, 0.29) is 11.6 Å². The average molecular weight is 209 g/mol. The summed E-state index contributed by atoms with van der Waals surface area (Å²) in [5.74, 6) is 0.403. The van der Waals surface area contributed by atoms with E-state index < -0.39 is 0 Å². The Bertz CT molecular complexity index is 372. The Hall–Kier alpha value is -1.16. The number of nitrogens with zero attached hydrogens (tertiary/aromatic N) is 2. The first-order valence-electron chi connectivity index (χ1n) is 5.34. The number of aryl methyl sites for hydroxylation is 1. The van der Waals surface area contributed by atoms with Crippen LogP contribution in [0, 0.1) is 12.8 Å². The van der Waals surface area contributed by atoms with E-state index in [1.54, 1.807) is 12.3 Å². The van der Waals surface area contributed by atoms with Gasteiger partial charge in [0.1, 0.15) is 0 Å². The minimum Gasteiger partial charge on any atom is -0.326 e. The molecule has 0 aromatic carbocycles. The van der Waals surface area contributed by atoms with Crippen LogP contribution in [0.2, 0.25) is 0 Å². The fourth-order valence-corrected chi connectivity index (χ4v) is 1.34. The number of aromatic nitrogens is 2. The second kappa shape index (κ2) is 5.07. The van der Waals surface area contributed by atoms with Gasteiger partial charge in [-0.1, -0.05) is 20.3 Å². The summed E-state index contributed by atoms with van der Waals surface area (Å²) in [4.78, 5) is 11.5. The second-order valence-electron chi connectivity index (χ2n) is 4.10. The van der Waals surface area contributed by atoms with Crippen molar-refractivity contribution >= 4 is 0 Å². The van der Waals surface area contributed by atoms with E-state index in [2.05, 4.69) is 18.9 Å². The van der Waals surface area contributed by atoms with Gasteiger partial charge in [-0.25, -0.2) is 4.68 Å². The van der Waals surface area contributed by atoms with Crippen LogP contribution >= 0.6 is 0 Å². The van der Waals surface area contributed by atoms with E-state index in [0.717, 1.165) is 12.0 Å². The summed E-state index contributed by atoms with van der Waals surface area (Å²) in [6.07, 6.45) is 2.70. The van der Waals surface area contributed by atoms with Crippen LogP contribution in [0.25, 0.3) is 0 Å². The highest BCUT2D eigenvalue weighted by Crippen LogP contribution is 2.05. The van der Waals surface area contributed by atoms with Crippen LogP contribution in [0.4, 0.5) is 0 Å². The van der Waals surface area contributed by atoms with Crippen LogP contribution in [0.3, 0.4) is 0 Å². The topological polar surface area (TPSA) is 60.9 Å². The molecular formula is C11H19N3O. The number of hydrogen-bond donors (Lipinski definition) is 1. The average Bonchev–Trinajstić information content (AvgIpc) is 2.20. The van der Waals surface area contributed by atoms with Crippen molar-refractivity contribution in [1.82, 2.24) is 9.78 Å². The molecule has 1 aromatic heterocycles. The highest BCUT2D eigenvalue weighted by molar-refractivity contribution is 5.02. The number of rotatable bonds is 4. The molecule has 0 saturated heterocycles. The molecule has 0 amide bonds. The zero-order valence-corrected chi connectivity index (χ0v) is 9.60. The van der Waals surface area contributed by atoms with Gasteiger partial charge in [-0.15, -0.1) is 0 Å². The maximum atomic E-state index is 11.5. The van der Waals surface area contributed by atoms with Crippen LogP contribution in [-0.4, -0.2) is 15.8 Å². The summed E-state index contributed by atoms with van der Waals surface area (Å²) in [5, 5.41) is 4.06. The Morgan fingerprint density at radius 2 is 2.27 bits per heavy atom. The maximum Gasteiger partial charge on any atom is 0.267 e. The number of nitrogens with two attached hydrogens (primary N) is 1. The molecule has 0 fully saturated rings. The van der Waals surface area contributed by atoms with Crippen molar-refractivity contribution in [3.8, 4) is 0 Å². The lowest BCUT2D eigenvalue weighted by Gasteiger charge is -2.18. The van der Waals surface area contributed by atoms with Crippen molar-refractivity contribution in [3.63, 3.8) is 0 Å². The summed E-state index contributed by atoms with van der Waals surface area (Å²) in [7, 11) is 0. The molecule has 2 atom stereocenters. The van der Waals surface area contributed by atoms with Gasteiger partial charge < -0.3 is 5.73 Å². The normalized spacial score (nSPS) is 14.9. The largest absolute Gasteiger partial charge is 0.326 e. The van der Waals surface area contributed by atoms with Crippen LogP contribution in [0.1, 0.15) is 25.8 Å². The highest BCUT2D eigenvalue weighted by Gasteiger charge is 2.12. The maximum absolute atomic E-state index is 11.5. The molecule has 0 aliphatic rings. The lowest BCUT2D eigenvalue weighted by molar-refractivity contribution is 0.373. The van der Waals surface area contributed by atoms with Crippen molar-refractivity contribution in [1.29, 1.82) is 0 Å². The molecule has 15 heavy (non-hydrogen) atoms. The highest BCUT2D eigenvalue weighted by atomic mass is 16.1. The van der Waals surface area contributed by atoms with Gasteiger partial charge in [-0.3, -0.25) is 4.79 Å². The minimum atomic E-state index is -0.0752. The van der Waals surface area contributed by atoms with Crippen molar-refractivity contribution in [2.45, 2.75) is 39.8 Å².